The van der Waals surface area contributed by atoms with Gasteiger partial charge in [-0.1, -0.05) is 124 Å². The molecule has 1 heterocycles. The quantitative estimate of drug-likeness (QED) is 0.0682. The maximum absolute atomic E-state index is 14.2. The van der Waals surface area contributed by atoms with E-state index in [4.69, 9.17) is 4.74 Å². The van der Waals surface area contributed by atoms with Crippen molar-refractivity contribution in [3.05, 3.63) is 136 Å². The molecule has 5 N–H and O–H groups in total. The van der Waals surface area contributed by atoms with Crippen LogP contribution in [0.3, 0.4) is 0 Å². The Morgan fingerprint density at radius 3 is 2.14 bits per heavy atom. The molecule has 0 bridgehead atoms. The molecule has 0 saturated carbocycles. The topological polar surface area (TPSA) is 159 Å². The van der Waals surface area contributed by atoms with Crippen LogP contribution in [0.5, 0.6) is 0 Å². The molecular formula is C44H51N5O6S. The highest BCUT2D eigenvalue weighted by Crippen LogP contribution is 2.21. The summed E-state index contributed by atoms with van der Waals surface area (Å²) in [7, 11) is 0. The van der Waals surface area contributed by atoms with Gasteiger partial charge in [0.25, 0.3) is 0 Å². The minimum Gasteiger partial charge on any atom is -0.445 e. The fraction of sp³-hybridized carbons (Fsp3) is 0.341. The van der Waals surface area contributed by atoms with Gasteiger partial charge in [-0.3, -0.25) is 14.4 Å². The molecule has 0 aliphatic carbocycles. The molecule has 5 aromatic rings. The van der Waals surface area contributed by atoms with Gasteiger partial charge in [0.2, 0.25) is 17.7 Å². The average Bonchev–Trinajstić information content (AvgIpc) is 3.72. The summed E-state index contributed by atoms with van der Waals surface area (Å²) >= 11 is 1.36. The van der Waals surface area contributed by atoms with Crippen molar-refractivity contribution in [1.29, 1.82) is 0 Å². The highest BCUT2D eigenvalue weighted by atomic mass is 32.1. The van der Waals surface area contributed by atoms with Crippen molar-refractivity contribution < 1.29 is 29.0 Å². The van der Waals surface area contributed by atoms with Crippen LogP contribution in [0.2, 0.25) is 0 Å². The van der Waals surface area contributed by atoms with Gasteiger partial charge in [-0.25, -0.2) is 9.78 Å². The van der Waals surface area contributed by atoms with Crippen molar-refractivity contribution in [2.75, 3.05) is 6.54 Å². The Balaban J connectivity index is 1.31. The van der Waals surface area contributed by atoms with E-state index in [2.05, 4.69) is 26.3 Å². The van der Waals surface area contributed by atoms with Crippen LogP contribution < -0.4 is 21.3 Å². The summed E-state index contributed by atoms with van der Waals surface area (Å²) in [5.41, 5.74) is 4.93. The number of thiazole rings is 1. The fourth-order valence-electron chi connectivity index (χ4n) is 6.51. The summed E-state index contributed by atoms with van der Waals surface area (Å²) in [5, 5.41) is 26.5. The Kier molecular flexibility index (Phi) is 15.5. The van der Waals surface area contributed by atoms with Crippen LogP contribution in [0.25, 0.3) is 10.8 Å². The maximum Gasteiger partial charge on any atom is 0.408 e. The third-order valence-electron chi connectivity index (χ3n) is 9.54. The number of benzene rings is 4. The summed E-state index contributed by atoms with van der Waals surface area (Å²) in [5.74, 6) is -1.35. The van der Waals surface area contributed by atoms with Crippen molar-refractivity contribution >= 4 is 45.9 Å². The summed E-state index contributed by atoms with van der Waals surface area (Å²) in [4.78, 5) is 58.8. The summed E-state index contributed by atoms with van der Waals surface area (Å²) in [6.07, 6.45) is -1.63. The predicted octanol–water partition coefficient (Wildman–Crippen LogP) is 6.06. The number of aromatic nitrogens is 1. The van der Waals surface area contributed by atoms with Crippen molar-refractivity contribution in [3.8, 4) is 0 Å². The zero-order valence-electron chi connectivity index (χ0n) is 32.0. The average molecular weight is 778 g/mol. The lowest BCUT2D eigenvalue weighted by Crippen LogP contribution is -2.57. The first kappa shape index (κ1) is 41.6. The number of amides is 4. The monoisotopic (exact) mass is 777 g/mol. The summed E-state index contributed by atoms with van der Waals surface area (Å²) in [6.45, 7) is 6.34. The van der Waals surface area contributed by atoms with Crippen LogP contribution >= 0.6 is 11.3 Å². The van der Waals surface area contributed by atoms with Gasteiger partial charge in [-0.05, 0) is 45.7 Å². The minimum atomic E-state index is -1.19. The number of nitrogens with one attached hydrogen (secondary N) is 4. The van der Waals surface area contributed by atoms with E-state index in [0.717, 1.165) is 27.5 Å². The van der Waals surface area contributed by atoms with Crippen LogP contribution in [0.1, 0.15) is 61.9 Å². The van der Waals surface area contributed by atoms with Gasteiger partial charge in [-0.15, -0.1) is 11.3 Å². The molecule has 0 saturated heterocycles. The molecule has 0 spiro atoms. The second-order valence-electron chi connectivity index (χ2n) is 14.5. The second-order valence-corrected chi connectivity index (χ2v) is 15.2. The van der Waals surface area contributed by atoms with E-state index >= 15 is 0 Å². The zero-order chi connectivity index (χ0) is 39.9. The number of aliphatic hydroxyl groups excluding tert-OH is 1. The SMILES string of the molecule is CC(C)C[C@H](NC(=O)C(Cc1cscn1)NC(=O)[C@H](Cc1cccc2ccccc12)NC(=O)OCc1ccccc1)[C@@H](O)CC(=O)NCC(C)c1ccccc1. The number of ether oxygens (including phenoxy) is 1. The van der Waals surface area contributed by atoms with E-state index in [1.807, 2.05) is 124 Å². The molecule has 5 atom stereocenters. The van der Waals surface area contributed by atoms with Crippen LogP contribution in [0, 0.1) is 5.92 Å². The third-order valence-corrected chi connectivity index (χ3v) is 10.2. The van der Waals surface area contributed by atoms with Gasteiger partial charge in [0, 0.05) is 24.8 Å². The van der Waals surface area contributed by atoms with Gasteiger partial charge < -0.3 is 31.1 Å². The number of hydrogen-bond acceptors (Lipinski definition) is 8. The normalized spacial score (nSPS) is 13.9. The molecule has 0 fully saturated rings. The Labute approximate surface area is 332 Å². The molecular weight excluding hydrogens is 727 g/mol. The number of hydrogen-bond donors (Lipinski definition) is 5. The van der Waals surface area contributed by atoms with E-state index < -0.39 is 42.1 Å². The number of carbonyl (C=O) groups excluding carboxylic acids is 4. The minimum absolute atomic E-state index is 0.00772. The van der Waals surface area contributed by atoms with Gasteiger partial charge in [0.1, 0.15) is 18.7 Å². The van der Waals surface area contributed by atoms with Gasteiger partial charge >= 0.3 is 6.09 Å². The van der Waals surface area contributed by atoms with Crippen LogP contribution in [-0.4, -0.2) is 64.7 Å². The Morgan fingerprint density at radius 1 is 0.768 bits per heavy atom. The number of fused-ring (bicyclic) bond motifs is 1. The molecule has 0 aliphatic rings. The number of alkyl carbamates (subject to hydrolysis) is 1. The molecule has 5 rings (SSSR count). The Hall–Kier alpha value is -5.59. The molecule has 56 heavy (non-hydrogen) atoms. The van der Waals surface area contributed by atoms with E-state index in [9.17, 15) is 24.3 Å². The molecule has 12 heteroatoms. The lowest BCUT2D eigenvalue weighted by Gasteiger charge is -2.29. The molecule has 0 aliphatic heterocycles. The van der Waals surface area contributed by atoms with Gasteiger partial charge in [-0.2, -0.15) is 0 Å². The predicted molar refractivity (Wildman–Crippen MR) is 219 cm³/mol. The van der Waals surface area contributed by atoms with E-state index in [1.165, 1.54) is 11.3 Å². The first-order valence-corrected chi connectivity index (χ1v) is 19.9. The summed E-state index contributed by atoms with van der Waals surface area (Å²) in [6, 6.07) is 29.6. The highest BCUT2D eigenvalue weighted by Gasteiger charge is 2.32. The maximum atomic E-state index is 14.2. The Morgan fingerprint density at radius 2 is 1.43 bits per heavy atom. The lowest BCUT2D eigenvalue weighted by atomic mass is 9.96. The molecule has 2 unspecified atom stereocenters. The first-order chi connectivity index (χ1) is 27.0. The molecule has 4 aromatic carbocycles. The largest absolute Gasteiger partial charge is 0.445 e. The highest BCUT2D eigenvalue weighted by molar-refractivity contribution is 7.07. The smallest absolute Gasteiger partial charge is 0.408 e. The van der Waals surface area contributed by atoms with Crippen molar-refractivity contribution in [3.63, 3.8) is 0 Å². The van der Waals surface area contributed by atoms with Crippen molar-refractivity contribution in [2.45, 2.75) is 83.2 Å². The van der Waals surface area contributed by atoms with Crippen molar-refractivity contribution in [1.82, 2.24) is 26.3 Å². The number of rotatable bonds is 19. The Bertz CT molecular complexity index is 2010. The number of aliphatic hydroxyl groups is 1. The summed E-state index contributed by atoms with van der Waals surface area (Å²) < 4.78 is 5.49. The van der Waals surface area contributed by atoms with E-state index in [1.54, 1.807) is 10.9 Å². The zero-order valence-corrected chi connectivity index (χ0v) is 32.8. The van der Waals surface area contributed by atoms with Crippen LogP contribution in [-0.2, 0) is 38.6 Å². The first-order valence-electron chi connectivity index (χ1n) is 19.0. The standard InChI is InChI=1S/C44H51N5O6S/c1-29(2)21-37(40(50)24-41(51)45-25-30(3)32-15-8-5-9-16-32)47-43(53)39(23-35-27-56-28-46-35)48-42(52)38(49-44(54)55-26-31-13-6-4-7-14-31)22-34-19-12-18-33-17-10-11-20-36(33)34/h4-20,27-30,37-40,50H,21-26H2,1-3H3,(H,45,51)(H,47,53)(H,48,52)(H,49,54)/t30?,37-,38-,39?,40-/m0/s1. The molecule has 4 amide bonds. The number of nitrogens with zero attached hydrogens (tertiary/aromatic N) is 1. The van der Waals surface area contributed by atoms with E-state index in [-0.39, 0.29) is 43.6 Å². The lowest BCUT2D eigenvalue weighted by molar-refractivity contribution is -0.131. The second kappa shape index (κ2) is 20.9. The molecule has 294 valence electrons. The number of carbonyl (C=O) groups is 4. The molecule has 11 nitrogen and oxygen atoms in total. The molecule has 0 radical (unpaired) electrons. The molecule has 1 aromatic heterocycles. The van der Waals surface area contributed by atoms with Gasteiger partial charge in [0.05, 0.1) is 29.8 Å². The van der Waals surface area contributed by atoms with Crippen LogP contribution in [0.4, 0.5) is 4.79 Å². The fourth-order valence-corrected chi connectivity index (χ4v) is 7.08. The third kappa shape index (κ3) is 12.7. The van der Waals surface area contributed by atoms with Gasteiger partial charge in [0.15, 0.2) is 0 Å². The van der Waals surface area contributed by atoms with Crippen molar-refractivity contribution in [2.24, 2.45) is 5.92 Å². The van der Waals surface area contributed by atoms with E-state index in [0.29, 0.717) is 18.7 Å². The van der Waals surface area contributed by atoms with Crippen LogP contribution in [0.15, 0.2) is 114 Å².